The van der Waals surface area contributed by atoms with E-state index in [9.17, 15) is 34.2 Å². The van der Waals surface area contributed by atoms with Gasteiger partial charge < -0.3 is 40.4 Å². The molecule has 0 aromatic heterocycles. The van der Waals surface area contributed by atoms with Gasteiger partial charge in [0.15, 0.2) is 24.8 Å². The van der Waals surface area contributed by atoms with Crippen LogP contribution in [0, 0.1) is 0 Å². The van der Waals surface area contributed by atoms with Crippen molar-refractivity contribution in [2.24, 2.45) is 9.98 Å². The van der Waals surface area contributed by atoms with Crippen LogP contribution in [0.4, 0.5) is 16.2 Å². The van der Waals surface area contributed by atoms with Crippen LogP contribution in [0.25, 0.3) is 0 Å². The summed E-state index contributed by atoms with van der Waals surface area (Å²) in [4.78, 5) is 76.2. The molecule has 378 valence electrons. The van der Waals surface area contributed by atoms with E-state index in [0.717, 1.165) is 0 Å². The number of aliphatic imine (C=N–C) groups is 2. The monoisotopic (exact) mass is 988 g/mol. The molecule has 3 amide bonds. The third kappa shape index (κ3) is 13.4. The zero-order valence-corrected chi connectivity index (χ0v) is 41.7. The van der Waals surface area contributed by atoms with Crippen LogP contribution in [0.5, 0.6) is 23.0 Å². The highest BCUT2D eigenvalue weighted by atomic mass is 16.6. The SMILES string of the molecule is CC1=CC(=O)C=CC1=Nc1cc2c(O)c(c1)Cc1cccc3c1OCC(=O)NCCN(CCNC(=O)OC(C)(C)C)CCNC(=O)COc1c(cccc1Cc1cc(N=C4C=CC(=O)C=C4C)cc(c1O)C3)C2. The molecule has 0 fully saturated rings. The Bertz CT molecular complexity index is 2790. The zero-order chi connectivity index (χ0) is 51.8. The Morgan fingerprint density at radius 1 is 0.644 bits per heavy atom. The number of alkyl carbamates (subject to hydrolysis) is 1. The minimum Gasteiger partial charge on any atom is -0.507 e. The van der Waals surface area contributed by atoms with Gasteiger partial charge in [-0.1, -0.05) is 36.4 Å². The number of nitrogens with one attached hydrogen (secondary N) is 3. The molecular weight excluding hydrogens is 929 g/mol. The van der Waals surface area contributed by atoms with Gasteiger partial charge in [0.05, 0.1) is 22.8 Å². The summed E-state index contributed by atoms with van der Waals surface area (Å²) in [7, 11) is 0. The number of phenols is 2. The second-order valence-electron chi connectivity index (χ2n) is 19.4. The van der Waals surface area contributed by atoms with E-state index < -0.39 is 23.5 Å². The summed E-state index contributed by atoms with van der Waals surface area (Å²) in [5.41, 5.74) is 7.44. The molecule has 8 rings (SSSR count). The fraction of sp³-hybridized carbons (Fsp3) is 0.316. The predicted molar refractivity (Wildman–Crippen MR) is 278 cm³/mol. The minimum atomic E-state index is -0.669. The van der Waals surface area contributed by atoms with Crippen molar-refractivity contribution in [2.45, 2.75) is 65.9 Å². The van der Waals surface area contributed by atoms with Crippen LogP contribution in [0.15, 0.2) is 118 Å². The topological polar surface area (TPSA) is 218 Å². The van der Waals surface area contributed by atoms with E-state index in [2.05, 4.69) is 16.0 Å². The van der Waals surface area contributed by atoms with Crippen molar-refractivity contribution in [1.82, 2.24) is 20.9 Å². The van der Waals surface area contributed by atoms with E-state index in [1.807, 2.05) is 55.1 Å². The first kappa shape index (κ1) is 51.3. The van der Waals surface area contributed by atoms with Crippen LogP contribution in [-0.2, 0) is 49.6 Å². The molecule has 3 aliphatic carbocycles. The molecule has 10 bridgehead atoms. The van der Waals surface area contributed by atoms with Crippen LogP contribution in [-0.4, -0.2) is 114 Å². The lowest BCUT2D eigenvalue weighted by atomic mass is 9.90. The minimum absolute atomic E-state index is 0.00303. The summed E-state index contributed by atoms with van der Waals surface area (Å²) in [6, 6.07) is 18.3. The molecule has 0 saturated heterocycles. The Kier molecular flexibility index (Phi) is 15.8. The Morgan fingerprint density at radius 2 is 1.04 bits per heavy atom. The van der Waals surface area contributed by atoms with E-state index in [0.29, 0.717) is 110 Å². The van der Waals surface area contributed by atoms with E-state index >= 15 is 0 Å². The van der Waals surface area contributed by atoms with Gasteiger partial charge in [-0.05, 0) is 129 Å². The smallest absolute Gasteiger partial charge is 0.407 e. The molecule has 16 nitrogen and oxygen atoms in total. The van der Waals surface area contributed by atoms with Crippen molar-refractivity contribution < 1.29 is 48.4 Å². The lowest BCUT2D eigenvalue weighted by Crippen LogP contribution is -2.44. The van der Waals surface area contributed by atoms with Crippen LogP contribution < -0.4 is 25.4 Å². The van der Waals surface area contributed by atoms with Crippen molar-refractivity contribution in [2.75, 3.05) is 52.5 Å². The molecule has 1 heterocycles. The number of rotatable bonds is 5. The number of allylic oxidation sites excluding steroid dienone is 8. The molecule has 0 unspecified atom stereocenters. The molecule has 0 saturated carbocycles. The summed E-state index contributed by atoms with van der Waals surface area (Å²) < 4.78 is 18.4. The van der Waals surface area contributed by atoms with Gasteiger partial charge in [0.1, 0.15) is 28.6 Å². The number of nitrogens with zero attached hydrogens (tertiary/aromatic N) is 3. The summed E-state index contributed by atoms with van der Waals surface area (Å²) in [6.07, 6.45) is 9.23. The Hall–Kier alpha value is -8.11. The van der Waals surface area contributed by atoms with E-state index in [4.69, 9.17) is 24.2 Å². The number of benzene rings is 4. The van der Waals surface area contributed by atoms with Gasteiger partial charge in [0.2, 0.25) is 0 Å². The van der Waals surface area contributed by atoms with Gasteiger partial charge in [-0.2, -0.15) is 0 Å². The molecule has 16 heteroatoms. The Morgan fingerprint density at radius 3 is 1.41 bits per heavy atom. The molecule has 5 N–H and O–H groups in total. The maximum Gasteiger partial charge on any atom is 0.407 e. The molecule has 4 aromatic carbocycles. The van der Waals surface area contributed by atoms with Crippen LogP contribution in [0.2, 0.25) is 0 Å². The van der Waals surface area contributed by atoms with Crippen molar-refractivity contribution in [1.29, 1.82) is 0 Å². The number of hydrogen-bond acceptors (Lipinski definition) is 13. The zero-order valence-electron chi connectivity index (χ0n) is 41.7. The Balaban J connectivity index is 1.26. The lowest BCUT2D eigenvalue weighted by molar-refractivity contribution is -0.123. The lowest BCUT2D eigenvalue weighted by Gasteiger charge is -2.24. The molecule has 1 aliphatic heterocycles. The highest BCUT2D eigenvalue weighted by Crippen LogP contribution is 2.41. The van der Waals surface area contributed by atoms with Crippen molar-refractivity contribution in [3.63, 3.8) is 0 Å². The molecule has 73 heavy (non-hydrogen) atoms. The standard InChI is InChI=1S/C57H60N6O10/c1-34-22-46(64)12-14-48(34)61-44-28-40-24-36-8-6-10-38-26-42-30-45(62-49-15-13-47(65)23-35(49)2)31-43(53(42)69)27-39-11-7-9-37(25-41(29-44)52(40)68)55(39)72-33-51(67)59-17-20-63(19-16-58-50(66)32-71-54(36)38)21-18-60-56(70)73-57(3,4)5/h6-15,22-23,28-31,68-69H,16-21,24-27,32-33H2,1-5H3,(H,58,66)(H,59,67)(H,60,70). The fourth-order valence-corrected chi connectivity index (χ4v) is 9.01. The third-order valence-corrected chi connectivity index (χ3v) is 12.5. The summed E-state index contributed by atoms with van der Waals surface area (Å²) in [6.45, 7) is 10.1. The first-order valence-electron chi connectivity index (χ1n) is 24.3. The van der Waals surface area contributed by atoms with Crippen molar-refractivity contribution >= 4 is 52.3 Å². The highest BCUT2D eigenvalue weighted by Gasteiger charge is 2.24. The van der Waals surface area contributed by atoms with Gasteiger partial charge in [0, 0.05) is 87.2 Å². The average Bonchev–Trinajstić information content (AvgIpc) is 3.32. The molecule has 0 spiro atoms. The highest BCUT2D eigenvalue weighted by molar-refractivity contribution is 6.20. The van der Waals surface area contributed by atoms with E-state index in [1.54, 1.807) is 57.2 Å². The quantitative estimate of drug-likeness (QED) is 0.114. The second-order valence-corrected chi connectivity index (χ2v) is 19.4. The van der Waals surface area contributed by atoms with Gasteiger partial charge in [-0.25, -0.2) is 14.8 Å². The van der Waals surface area contributed by atoms with Gasteiger partial charge >= 0.3 is 6.09 Å². The predicted octanol–water partition coefficient (Wildman–Crippen LogP) is 6.92. The molecular formula is C57H60N6O10. The van der Waals surface area contributed by atoms with E-state index in [-0.39, 0.29) is 81.6 Å². The number of ketones is 2. The third-order valence-electron chi connectivity index (χ3n) is 12.5. The van der Waals surface area contributed by atoms with Crippen LogP contribution in [0.1, 0.15) is 79.1 Å². The number of amides is 3. The first-order valence-corrected chi connectivity index (χ1v) is 24.3. The summed E-state index contributed by atoms with van der Waals surface area (Å²) >= 11 is 0. The maximum atomic E-state index is 13.7. The normalized spacial score (nSPS) is 18.0. The number of carbonyl (C=O) groups is 5. The number of phenolic OH excluding ortho intramolecular Hbond substituents is 2. The fourth-order valence-electron chi connectivity index (χ4n) is 9.01. The molecule has 0 radical (unpaired) electrons. The number of carbonyl (C=O) groups excluding carboxylic acids is 5. The van der Waals surface area contributed by atoms with Crippen LogP contribution >= 0.6 is 0 Å². The van der Waals surface area contributed by atoms with Crippen LogP contribution in [0.3, 0.4) is 0 Å². The number of ether oxygens (including phenoxy) is 3. The maximum absolute atomic E-state index is 13.7. The van der Waals surface area contributed by atoms with Crippen molar-refractivity contribution in [3.8, 4) is 23.0 Å². The summed E-state index contributed by atoms with van der Waals surface area (Å²) in [5.74, 6) is -0.324. The number of para-hydroxylation sites is 2. The molecule has 4 aromatic rings. The first-order chi connectivity index (χ1) is 34.9. The largest absolute Gasteiger partial charge is 0.507 e. The van der Waals surface area contributed by atoms with Crippen molar-refractivity contribution in [3.05, 3.63) is 153 Å². The van der Waals surface area contributed by atoms with E-state index in [1.165, 1.54) is 24.3 Å². The van der Waals surface area contributed by atoms with Gasteiger partial charge in [0.25, 0.3) is 11.8 Å². The number of aromatic hydroxyl groups is 2. The second kappa shape index (κ2) is 22.5. The summed E-state index contributed by atoms with van der Waals surface area (Å²) in [5, 5.41) is 33.2. The number of fused-ring (bicyclic) bond motifs is 2. The average molecular weight is 989 g/mol. The Labute approximate surface area is 424 Å². The van der Waals surface area contributed by atoms with Gasteiger partial charge in [-0.15, -0.1) is 0 Å². The molecule has 0 atom stereocenters. The number of hydrogen-bond donors (Lipinski definition) is 5. The molecule has 4 aliphatic rings. The van der Waals surface area contributed by atoms with Gasteiger partial charge in [-0.3, -0.25) is 24.1 Å².